The van der Waals surface area contributed by atoms with Crippen LogP contribution in [0.4, 0.5) is 11.4 Å². The number of hydrogen-bond donors (Lipinski definition) is 0. The van der Waals surface area contributed by atoms with Crippen molar-refractivity contribution in [2.75, 3.05) is 9.80 Å². The van der Waals surface area contributed by atoms with Gasteiger partial charge in [0.15, 0.2) is 0 Å². The second-order valence-electron chi connectivity index (χ2n) is 16.1. The Labute approximate surface area is 303 Å². The zero-order valence-electron chi connectivity index (χ0n) is 29.3. The van der Waals surface area contributed by atoms with Crippen LogP contribution in [0.2, 0.25) is 0 Å². The monoisotopic (exact) mass is 665 g/mol. The van der Waals surface area contributed by atoms with E-state index in [2.05, 4.69) is 167 Å². The maximum Gasteiger partial charge on any atom is 0.0591 e. The van der Waals surface area contributed by atoms with Crippen molar-refractivity contribution in [3.8, 4) is 0 Å². The molecule has 10 atom stereocenters. The predicted molar refractivity (Wildman–Crippen MR) is 210 cm³/mol. The molecule has 0 bridgehead atoms. The number of hydrogen-bond acceptors (Lipinski definition) is 3. The first-order valence-corrected chi connectivity index (χ1v) is 19.7. The third-order valence-electron chi connectivity index (χ3n) is 13.7. The smallest absolute Gasteiger partial charge is 0.0591 e. The van der Waals surface area contributed by atoms with Crippen molar-refractivity contribution in [2.24, 2.45) is 29.6 Å². The Morgan fingerprint density at radius 3 is 2.27 bits per heavy atom. The molecule has 2 saturated heterocycles. The lowest BCUT2D eigenvalue weighted by Crippen LogP contribution is -2.47. The first-order valence-electron chi connectivity index (χ1n) is 19.7. The van der Waals surface area contributed by atoms with Gasteiger partial charge in [-0.1, -0.05) is 128 Å². The van der Waals surface area contributed by atoms with Crippen LogP contribution in [0, 0.1) is 29.6 Å². The highest BCUT2D eigenvalue weighted by Gasteiger charge is 2.53. The lowest BCUT2D eigenvalue weighted by molar-refractivity contribution is 0.133. The fraction of sp³-hybridized carbons (Fsp3) is 0.333. The fourth-order valence-corrected chi connectivity index (χ4v) is 11.6. The molecule has 0 N–H and O–H groups in total. The summed E-state index contributed by atoms with van der Waals surface area (Å²) in [7, 11) is 0. The van der Waals surface area contributed by atoms with E-state index in [-0.39, 0.29) is 0 Å². The first kappa shape index (κ1) is 30.1. The lowest BCUT2D eigenvalue weighted by Gasteiger charge is -2.41. The maximum absolute atomic E-state index is 2.95. The molecule has 3 heterocycles. The summed E-state index contributed by atoms with van der Waals surface area (Å²) in [6.45, 7) is 0. The van der Waals surface area contributed by atoms with Crippen LogP contribution >= 0.6 is 0 Å². The molecule has 0 spiro atoms. The molecule has 0 radical (unpaired) electrons. The van der Waals surface area contributed by atoms with Crippen LogP contribution < -0.4 is 9.80 Å². The molecule has 3 nitrogen and oxygen atoms in total. The zero-order valence-corrected chi connectivity index (χ0v) is 29.3. The Hall–Kier alpha value is -4.60. The van der Waals surface area contributed by atoms with E-state index in [1.165, 1.54) is 41.2 Å². The van der Waals surface area contributed by atoms with Crippen LogP contribution in [0.1, 0.15) is 50.0 Å². The number of likely N-dealkylation sites (tertiary alicyclic amines) is 1. The summed E-state index contributed by atoms with van der Waals surface area (Å²) in [5, 5.41) is 0. The van der Waals surface area contributed by atoms with Crippen molar-refractivity contribution in [3.05, 3.63) is 180 Å². The van der Waals surface area contributed by atoms with Gasteiger partial charge in [-0.15, -0.1) is 0 Å². The third-order valence-corrected chi connectivity index (χ3v) is 13.7. The molecule has 9 aliphatic rings. The molecule has 0 amide bonds. The highest BCUT2D eigenvalue weighted by molar-refractivity contribution is 5.73. The minimum absolute atomic E-state index is 0.406. The molecular weight excluding hydrogens is 619 g/mol. The van der Waals surface area contributed by atoms with Crippen molar-refractivity contribution < 1.29 is 0 Å². The molecule has 0 aromatic heterocycles. The average molecular weight is 666 g/mol. The largest absolute Gasteiger partial charge is 0.338 e. The van der Waals surface area contributed by atoms with Gasteiger partial charge in [0, 0.05) is 76.2 Å². The van der Waals surface area contributed by atoms with Crippen molar-refractivity contribution in [2.45, 2.75) is 68.6 Å². The van der Waals surface area contributed by atoms with E-state index in [1.54, 1.807) is 11.3 Å². The van der Waals surface area contributed by atoms with Gasteiger partial charge in [-0.05, 0) is 79.9 Å². The fourth-order valence-electron chi connectivity index (χ4n) is 11.6. The van der Waals surface area contributed by atoms with Gasteiger partial charge < -0.3 is 9.80 Å². The summed E-state index contributed by atoms with van der Waals surface area (Å²) in [5.41, 5.74) is 10.2. The normalized spacial score (nSPS) is 36.8. The average Bonchev–Trinajstić information content (AvgIpc) is 3.83. The Balaban J connectivity index is 0.883. The molecule has 3 aliphatic heterocycles. The van der Waals surface area contributed by atoms with Crippen LogP contribution in [0.15, 0.2) is 174 Å². The van der Waals surface area contributed by atoms with Crippen LogP contribution in [0.25, 0.3) is 0 Å². The summed E-state index contributed by atoms with van der Waals surface area (Å²) in [4.78, 5) is 8.17. The van der Waals surface area contributed by atoms with E-state index in [1.807, 2.05) is 0 Å². The summed E-state index contributed by atoms with van der Waals surface area (Å²) in [5.74, 6) is 3.15. The molecule has 2 aromatic carbocycles. The number of para-hydroxylation sites is 2. The Bertz CT molecular complexity index is 2050. The number of nitrogens with zero attached hydrogens (tertiary/aromatic N) is 3. The molecule has 6 aliphatic carbocycles. The Morgan fingerprint density at radius 1 is 0.608 bits per heavy atom. The standard InChI is InChI=1S/C48H47N3/c1-3-13-34(14-4-1)49-43-20-10-7-17-37(43)40-29-32(23-26-46(40)49)33-24-27-47-41(30-33)38-18-8-12-22-45(38)51(47)36-25-28-48-42(31-36)39-19-9-11-21-44(39)50(48)35-15-5-2-6-16-35/h2-3,5-22,24,26-28,30,32,36,38-42,44-45,47H,1,4,23,25,29,31H2. The highest BCUT2D eigenvalue weighted by atomic mass is 15.3. The number of benzene rings is 2. The molecule has 11 rings (SSSR count). The van der Waals surface area contributed by atoms with E-state index < -0.39 is 0 Å². The summed E-state index contributed by atoms with van der Waals surface area (Å²) in [6.07, 6.45) is 46.4. The first-order chi connectivity index (χ1) is 25.3. The van der Waals surface area contributed by atoms with Crippen LogP contribution in [0.5, 0.6) is 0 Å². The van der Waals surface area contributed by atoms with Gasteiger partial charge in [0.25, 0.3) is 0 Å². The summed E-state index contributed by atoms with van der Waals surface area (Å²) in [6, 6.07) is 22.1. The van der Waals surface area contributed by atoms with Crippen LogP contribution in [-0.2, 0) is 0 Å². The zero-order chi connectivity index (χ0) is 33.5. The topological polar surface area (TPSA) is 9.72 Å². The molecule has 51 heavy (non-hydrogen) atoms. The number of anilines is 2. The van der Waals surface area contributed by atoms with Gasteiger partial charge in [-0.3, -0.25) is 4.90 Å². The Morgan fingerprint density at radius 2 is 1.39 bits per heavy atom. The lowest BCUT2D eigenvalue weighted by atomic mass is 9.74. The van der Waals surface area contributed by atoms with Crippen molar-refractivity contribution in [1.29, 1.82) is 0 Å². The van der Waals surface area contributed by atoms with Crippen LogP contribution in [-0.4, -0.2) is 29.1 Å². The quantitative estimate of drug-likeness (QED) is 0.322. The van der Waals surface area contributed by atoms with Crippen molar-refractivity contribution in [3.63, 3.8) is 0 Å². The van der Waals surface area contributed by atoms with E-state index in [9.17, 15) is 0 Å². The molecule has 2 aromatic rings. The van der Waals surface area contributed by atoms with E-state index in [4.69, 9.17) is 0 Å². The predicted octanol–water partition coefficient (Wildman–Crippen LogP) is 10.3. The summed E-state index contributed by atoms with van der Waals surface area (Å²) >= 11 is 0. The molecule has 254 valence electrons. The second kappa shape index (κ2) is 12.0. The van der Waals surface area contributed by atoms with Gasteiger partial charge >= 0.3 is 0 Å². The second-order valence-corrected chi connectivity index (χ2v) is 16.1. The number of fused-ring (bicyclic) bond motifs is 9. The summed E-state index contributed by atoms with van der Waals surface area (Å²) < 4.78 is 0. The van der Waals surface area contributed by atoms with Gasteiger partial charge in [-0.25, -0.2) is 0 Å². The van der Waals surface area contributed by atoms with Gasteiger partial charge in [-0.2, -0.15) is 0 Å². The molecule has 2 fully saturated rings. The van der Waals surface area contributed by atoms with Gasteiger partial charge in [0.1, 0.15) is 0 Å². The van der Waals surface area contributed by atoms with E-state index in [0.717, 1.165) is 25.7 Å². The molecule has 0 saturated carbocycles. The van der Waals surface area contributed by atoms with E-state index in [0.29, 0.717) is 59.7 Å². The maximum atomic E-state index is 2.95. The van der Waals surface area contributed by atoms with Crippen molar-refractivity contribution in [1.82, 2.24) is 4.90 Å². The van der Waals surface area contributed by atoms with Crippen LogP contribution in [0.3, 0.4) is 0 Å². The van der Waals surface area contributed by atoms with E-state index >= 15 is 0 Å². The van der Waals surface area contributed by atoms with Gasteiger partial charge in [0.2, 0.25) is 0 Å². The molecule has 10 unspecified atom stereocenters. The SMILES string of the molecule is C1=CC2C3CC(N4C5C=CC=CC5C5C=C(C6CC=C7C(C6)c6ccccc6N7C6=CCCC=C6)C=CC54)CC=C3N(c3ccccc3)C2C=C1. The van der Waals surface area contributed by atoms with Gasteiger partial charge in [0.05, 0.1) is 6.04 Å². The molecular formula is C48H47N3. The highest BCUT2D eigenvalue weighted by Crippen LogP contribution is 2.55. The number of allylic oxidation sites excluding steroid dienone is 12. The molecule has 3 heteroatoms. The minimum atomic E-state index is 0.406. The Kier molecular flexibility index (Phi) is 7.07. The third kappa shape index (κ3) is 4.66. The van der Waals surface area contributed by atoms with Crippen molar-refractivity contribution >= 4 is 11.4 Å². The number of rotatable bonds is 4. The minimum Gasteiger partial charge on any atom is -0.338 e.